The standard InChI is InChI=1S/C21H14F3N3O3/c22-21(23,24)30-16-8-5-13(6-9-16)12-1-3-14(4-2-12)19(28)25-15-7-10-17-18(11-15)27-20(29)26-17/h1-11H,(H,25,28)(H2,26,27,29). The monoisotopic (exact) mass is 413 g/mol. The number of imidazole rings is 1. The SMILES string of the molecule is O=C(Nc1ccc2[nH]c(=O)[nH]c2c1)c1ccc(-c2ccc(OC(F)(F)F)cc2)cc1. The number of aromatic amines is 2. The average molecular weight is 413 g/mol. The largest absolute Gasteiger partial charge is 0.573 e. The second-order valence-electron chi connectivity index (χ2n) is 6.44. The number of amides is 1. The van der Waals surface area contributed by atoms with Crippen molar-refractivity contribution in [2.45, 2.75) is 6.36 Å². The number of rotatable bonds is 4. The minimum atomic E-state index is -4.74. The predicted octanol–water partition coefficient (Wildman–Crippen LogP) is 4.67. The third-order valence-corrected chi connectivity index (χ3v) is 4.34. The summed E-state index contributed by atoms with van der Waals surface area (Å²) < 4.78 is 40.6. The van der Waals surface area contributed by atoms with E-state index >= 15 is 0 Å². The fraction of sp³-hybridized carbons (Fsp3) is 0.0476. The second kappa shape index (κ2) is 7.43. The van der Waals surface area contributed by atoms with Gasteiger partial charge in [-0.15, -0.1) is 13.2 Å². The zero-order valence-electron chi connectivity index (χ0n) is 15.2. The molecule has 3 aromatic carbocycles. The first-order chi connectivity index (χ1) is 14.3. The van der Waals surface area contributed by atoms with Crippen molar-refractivity contribution in [2.24, 2.45) is 0 Å². The highest BCUT2D eigenvalue weighted by Crippen LogP contribution is 2.27. The number of H-pyrrole nitrogens is 2. The number of carbonyl (C=O) groups is 1. The van der Waals surface area contributed by atoms with Crippen LogP contribution in [-0.2, 0) is 0 Å². The Balaban J connectivity index is 1.47. The van der Waals surface area contributed by atoms with Gasteiger partial charge in [-0.05, 0) is 53.6 Å². The Morgan fingerprint density at radius 3 is 2.07 bits per heavy atom. The normalized spacial score (nSPS) is 11.4. The van der Waals surface area contributed by atoms with Gasteiger partial charge in [0, 0.05) is 11.3 Å². The Morgan fingerprint density at radius 1 is 0.833 bits per heavy atom. The smallest absolute Gasteiger partial charge is 0.406 e. The maximum Gasteiger partial charge on any atom is 0.573 e. The van der Waals surface area contributed by atoms with E-state index in [1.165, 1.54) is 24.3 Å². The molecular weight excluding hydrogens is 399 g/mol. The van der Waals surface area contributed by atoms with Crippen molar-refractivity contribution >= 4 is 22.6 Å². The van der Waals surface area contributed by atoms with Crippen LogP contribution >= 0.6 is 0 Å². The van der Waals surface area contributed by atoms with Crippen LogP contribution in [-0.4, -0.2) is 22.2 Å². The highest BCUT2D eigenvalue weighted by atomic mass is 19.4. The van der Waals surface area contributed by atoms with Gasteiger partial charge in [-0.25, -0.2) is 4.79 Å². The molecular formula is C21H14F3N3O3. The zero-order valence-corrected chi connectivity index (χ0v) is 15.2. The molecule has 1 heterocycles. The van der Waals surface area contributed by atoms with Gasteiger partial charge in [-0.1, -0.05) is 24.3 Å². The van der Waals surface area contributed by atoms with Gasteiger partial charge in [0.2, 0.25) is 0 Å². The minimum Gasteiger partial charge on any atom is -0.406 e. The lowest BCUT2D eigenvalue weighted by Crippen LogP contribution is -2.16. The van der Waals surface area contributed by atoms with Crippen molar-refractivity contribution in [2.75, 3.05) is 5.32 Å². The van der Waals surface area contributed by atoms with Gasteiger partial charge in [0.15, 0.2) is 0 Å². The van der Waals surface area contributed by atoms with Crippen LogP contribution in [0.5, 0.6) is 5.75 Å². The van der Waals surface area contributed by atoms with Crippen LogP contribution in [0, 0.1) is 0 Å². The molecule has 4 rings (SSSR count). The summed E-state index contributed by atoms with van der Waals surface area (Å²) in [4.78, 5) is 29.0. The maximum absolute atomic E-state index is 12.5. The number of anilines is 1. The fourth-order valence-electron chi connectivity index (χ4n) is 2.98. The van der Waals surface area contributed by atoms with E-state index in [-0.39, 0.29) is 17.3 Å². The number of hydrogen-bond acceptors (Lipinski definition) is 3. The van der Waals surface area contributed by atoms with Crippen LogP contribution in [0.15, 0.2) is 71.5 Å². The first-order valence-corrected chi connectivity index (χ1v) is 8.76. The van der Waals surface area contributed by atoms with Gasteiger partial charge in [-0.2, -0.15) is 0 Å². The van der Waals surface area contributed by atoms with Crippen molar-refractivity contribution in [3.05, 3.63) is 82.8 Å². The Bertz CT molecular complexity index is 1260. The highest BCUT2D eigenvalue weighted by molar-refractivity contribution is 6.05. The summed E-state index contributed by atoms with van der Waals surface area (Å²) in [6.07, 6.45) is -4.74. The van der Waals surface area contributed by atoms with Crippen LogP contribution in [0.4, 0.5) is 18.9 Å². The van der Waals surface area contributed by atoms with Crippen molar-refractivity contribution in [3.8, 4) is 16.9 Å². The van der Waals surface area contributed by atoms with E-state index in [4.69, 9.17) is 0 Å². The molecule has 0 saturated heterocycles. The van der Waals surface area contributed by atoms with Crippen LogP contribution in [0.2, 0.25) is 0 Å². The number of fused-ring (bicyclic) bond motifs is 1. The lowest BCUT2D eigenvalue weighted by atomic mass is 10.0. The van der Waals surface area contributed by atoms with Crippen molar-refractivity contribution in [1.82, 2.24) is 9.97 Å². The molecule has 0 fully saturated rings. The second-order valence-corrected chi connectivity index (χ2v) is 6.44. The topological polar surface area (TPSA) is 87.0 Å². The number of aromatic nitrogens is 2. The third-order valence-electron chi connectivity index (χ3n) is 4.34. The molecule has 4 aromatic rings. The van der Waals surface area contributed by atoms with E-state index in [9.17, 15) is 22.8 Å². The lowest BCUT2D eigenvalue weighted by Gasteiger charge is -2.10. The summed E-state index contributed by atoms with van der Waals surface area (Å²) in [5, 5.41) is 2.75. The first kappa shape index (κ1) is 19.3. The molecule has 0 bridgehead atoms. The molecule has 0 spiro atoms. The van der Waals surface area contributed by atoms with Gasteiger partial charge in [-0.3, -0.25) is 4.79 Å². The molecule has 3 N–H and O–H groups in total. The maximum atomic E-state index is 12.5. The summed E-state index contributed by atoms with van der Waals surface area (Å²) in [5.74, 6) is -0.643. The van der Waals surface area contributed by atoms with Crippen molar-refractivity contribution < 1.29 is 22.7 Å². The quantitative estimate of drug-likeness (QED) is 0.454. The Morgan fingerprint density at radius 2 is 1.43 bits per heavy atom. The van der Waals surface area contributed by atoms with Gasteiger partial charge in [0.1, 0.15) is 5.75 Å². The molecule has 0 saturated carbocycles. The summed E-state index contributed by atoms with van der Waals surface area (Å²) in [6.45, 7) is 0. The van der Waals surface area contributed by atoms with Gasteiger partial charge < -0.3 is 20.0 Å². The van der Waals surface area contributed by atoms with E-state index in [0.717, 1.165) is 5.56 Å². The molecule has 0 radical (unpaired) electrons. The van der Waals surface area contributed by atoms with Gasteiger partial charge in [0.05, 0.1) is 11.0 Å². The molecule has 0 atom stereocenters. The molecule has 0 aliphatic carbocycles. The number of nitrogens with one attached hydrogen (secondary N) is 3. The molecule has 9 heteroatoms. The van der Waals surface area contributed by atoms with E-state index in [2.05, 4.69) is 20.0 Å². The Labute approximate surface area is 167 Å². The molecule has 0 aliphatic heterocycles. The summed E-state index contributed by atoms with van der Waals surface area (Å²) in [6, 6.07) is 17.1. The predicted molar refractivity (Wildman–Crippen MR) is 105 cm³/mol. The zero-order chi connectivity index (χ0) is 21.3. The number of alkyl halides is 3. The van der Waals surface area contributed by atoms with E-state index < -0.39 is 6.36 Å². The lowest BCUT2D eigenvalue weighted by molar-refractivity contribution is -0.274. The fourth-order valence-corrected chi connectivity index (χ4v) is 2.98. The summed E-state index contributed by atoms with van der Waals surface area (Å²) >= 11 is 0. The highest BCUT2D eigenvalue weighted by Gasteiger charge is 2.30. The number of halogens is 3. The third kappa shape index (κ3) is 4.35. The van der Waals surface area contributed by atoms with Crippen LogP contribution < -0.4 is 15.7 Å². The molecule has 6 nitrogen and oxygen atoms in total. The number of benzene rings is 3. The average Bonchev–Trinajstić information content (AvgIpc) is 3.07. The van der Waals surface area contributed by atoms with Crippen LogP contribution in [0.3, 0.4) is 0 Å². The Hall–Kier alpha value is -4.01. The number of carbonyl (C=O) groups excluding carboxylic acids is 1. The Kier molecular flexibility index (Phi) is 4.78. The molecule has 152 valence electrons. The molecule has 0 unspecified atom stereocenters. The molecule has 0 aliphatic rings. The van der Waals surface area contributed by atoms with Gasteiger partial charge in [0.25, 0.3) is 5.91 Å². The number of ether oxygens (including phenoxy) is 1. The van der Waals surface area contributed by atoms with Crippen molar-refractivity contribution in [1.29, 1.82) is 0 Å². The van der Waals surface area contributed by atoms with E-state index in [1.807, 2.05) is 0 Å². The molecule has 1 aromatic heterocycles. The van der Waals surface area contributed by atoms with E-state index in [1.54, 1.807) is 42.5 Å². The molecule has 30 heavy (non-hydrogen) atoms. The minimum absolute atomic E-state index is 0.303. The van der Waals surface area contributed by atoms with E-state index in [0.29, 0.717) is 27.8 Å². The summed E-state index contributed by atoms with van der Waals surface area (Å²) in [5.41, 5.74) is 3.21. The molecule has 1 amide bonds. The van der Waals surface area contributed by atoms with Crippen LogP contribution in [0.1, 0.15) is 10.4 Å². The van der Waals surface area contributed by atoms with Gasteiger partial charge >= 0.3 is 12.1 Å². The van der Waals surface area contributed by atoms with Crippen molar-refractivity contribution in [3.63, 3.8) is 0 Å². The first-order valence-electron chi connectivity index (χ1n) is 8.76. The number of hydrogen-bond donors (Lipinski definition) is 3. The van der Waals surface area contributed by atoms with Crippen LogP contribution in [0.25, 0.3) is 22.2 Å². The summed E-state index contributed by atoms with van der Waals surface area (Å²) in [7, 11) is 0.